The second-order valence-electron chi connectivity index (χ2n) is 12.6. The Morgan fingerprint density at radius 3 is 2.75 bits per heavy atom. The average Bonchev–Trinajstić information content (AvgIpc) is 3.02. The molecule has 0 saturated heterocycles. The van der Waals surface area contributed by atoms with E-state index in [9.17, 15) is 18.3 Å². The molecule has 2 N–H and O–H groups in total. The summed E-state index contributed by atoms with van der Waals surface area (Å²) in [6, 6.07) is 11.3. The minimum absolute atomic E-state index is 0.0880. The summed E-state index contributed by atoms with van der Waals surface area (Å²) in [5.74, 6) is 0.367. The highest BCUT2D eigenvalue weighted by molar-refractivity contribution is 7.91. The number of allylic oxidation sites excluding steroid dienone is 1. The van der Waals surface area contributed by atoms with Crippen LogP contribution in [0.4, 0.5) is 5.69 Å². The Kier molecular flexibility index (Phi) is 6.95. The molecule has 1 fully saturated rings. The maximum Gasteiger partial charge on any atom is 0.264 e. The number of carbonyl (C=O) groups is 1. The first-order chi connectivity index (χ1) is 19.0. The van der Waals surface area contributed by atoms with Crippen LogP contribution in [0.25, 0.3) is 0 Å². The van der Waals surface area contributed by atoms with Gasteiger partial charge in [0, 0.05) is 29.1 Å². The van der Waals surface area contributed by atoms with Crippen LogP contribution in [-0.4, -0.2) is 50.0 Å². The van der Waals surface area contributed by atoms with Crippen molar-refractivity contribution in [2.75, 3.05) is 24.6 Å². The number of nitrogens with zero attached hydrogens (tertiary/aromatic N) is 1. The summed E-state index contributed by atoms with van der Waals surface area (Å²) in [4.78, 5) is 15.6. The van der Waals surface area contributed by atoms with E-state index < -0.39 is 26.8 Å². The third-order valence-corrected chi connectivity index (χ3v) is 11.9. The Hall–Kier alpha value is -2.55. The van der Waals surface area contributed by atoms with Crippen molar-refractivity contribution in [3.8, 4) is 5.75 Å². The molecule has 4 atom stereocenters. The van der Waals surface area contributed by atoms with Gasteiger partial charge in [0.25, 0.3) is 5.91 Å². The molecule has 1 amide bonds. The highest BCUT2D eigenvalue weighted by Gasteiger charge is 2.44. The molecule has 214 valence electrons. The van der Waals surface area contributed by atoms with E-state index in [0.717, 1.165) is 42.8 Å². The lowest BCUT2D eigenvalue weighted by atomic mass is 9.68. The number of nitrogens with one attached hydrogen (secondary N) is 1. The van der Waals surface area contributed by atoms with E-state index in [-0.39, 0.29) is 29.2 Å². The summed E-state index contributed by atoms with van der Waals surface area (Å²) in [5.41, 5.74) is 3.31. The Bertz CT molecular complexity index is 1470. The van der Waals surface area contributed by atoms with Gasteiger partial charge < -0.3 is 14.7 Å². The largest absolute Gasteiger partial charge is 0.490 e. The number of hydrogen-bond acceptors (Lipinski definition) is 6. The number of fused-ring (bicyclic) bond motifs is 4. The van der Waals surface area contributed by atoms with Crippen LogP contribution >= 0.6 is 11.6 Å². The van der Waals surface area contributed by atoms with Crippen LogP contribution in [0.5, 0.6) is 5.75 Å². The number of halogens is 1. The molecule has 40 heavy (non-hydrogen) atoms. The summed E-state index contributed by atoms with van der Waals surface area (Å²) in [6.07, 6.45) is 7.88. The lowest BCUT2D eigenvalue weighted by Crippen LogP contribution is -2.49. The molecule has 2 bridgehead atoms. The maximum atomic E-state index is 13.3. The first-order valence-corrected chi connectivity index (χ1v) is 16.1. The van der Waals surface area contributed by atoms with Crippen molar-refractivity contribution in [2.24, 2.45) is 11.8 Å². The number of amides is 1. The van der Waals surface area contributed by atoms with Gasteiger partial charge in [-0.05, 0) is 106 Å². The molecule has 6 rings (SSSR count). The van der Waals surface area contributed by atoms with Gasteiger partial charge in [-0.25, -0.2) is 13.1 Å². The van der Waals surface area contributed by atoms with E-state index in [1.807, 2.05) is 6.07 Å². The minimum atomic E-state index is -4.00. The number of carbonyl (C=O) groups excluding carboxylic acids is 1. The van der Waals surface area contributed by atoms with Crippen molar-refractivity contribution in [3.05, 3.63) is 70.3 Å². The monoisotopic (exact) mass is 584 g/mol. The number of anilines is 1. The van der Waals surface area contributed by atoms with Crippen molar-refractivity contribution in [3.63, 3.8) is 0 Å². The number of hydrogen-bond donors (Lipinski definition) is 2. The van der Waals surface area contributed by atoms with Gasteiger partial charge in [0.2, 0.25) is 10.0 Å². The lowest BCUT2D eigenvalue weighted by molar-refractivity contribution is 0.0456. The van der Waals surface area contributed by atoms with Gasteiger partial charge in [0.15, 0.2) is 0 Å². The Morgan fingerprint density at radius 1 is 1.15 bits per heavy atom. The summed E-state index contributed by atoms with van der Waals surface area (Å²) in [5, 5.41) is 11.8. The second-order valence-corrected chi connectivity index (χ2v) is 15.4. The number of rotatable bonds is 0. The van der Waals surface area contributed by atoms with E-state index in [1.165, 1.54) is 11.1 Å². The molecule has 2 aliphatic carbocycles. The van der Waals surface area contributed by atoms with Crippen LogP contribution in [0, 0.1) is 11.8 Å². The maximum absolute atomic E-state index is 13.3. The van der Waals surface area contributed by atoms with Gasteiger partial charge in [0.05, 0.1) is 23.1 Å². The van der Waals surface area contributed by atoms with Gasteiger partial charge in [-0.1, -0.05) is 29.8 Å². The van der Waals surface area contributed by atoms with Crippen LogP contribution in [0.2, 0.25) is 5.02 Å². The Balaban J connectivity index is 1.44. The highest BCUT2D eigenvalue weighted by Crippen LogP contribution is 2.46. The van der Waals surface area contributed by atoms with Gasteiger partial charge in [-0.15, -0.1) is 0 Å². The molecule has 2 aliphatic heterocycles. The molecular weight excluding hydrogens is 548 g/mol. The zero-order valence-electron chi connectivity index (χ0n) is 23.0. The first-order valence-electron chi connectivity index (χ1n) is 14.2. The zero-order valence-corrected chi connectivity index (χ0v) is 24.6. The summed E-state index contributed by atoms with van der Waals surface area (Å²) < 4.78 is 34.0. The molecule has 2 heterocycles. The zero-order chi connectivity index (χ0) is 28.3. The highest BCUT2D eigenvalue weighted by atomic mass is 35.5. The molecule has 0 radical (unpaired) electrons. The summed E-state index contributed by atoms with van der Waals surface area (Å²) >= 11 is 6.37. The number of ether oxygens (including phenoxy) is 1. The van der Waals surface area contributed by atoms with Crippen molar-refractivity contribution in [2.45, 2.75) is 68.6 Å². The SMILES string of the molecule is CC1(C)C/C=C/[C@H](O)[C@@H]2CC[C@H]2CN2C[C@@]3(CCCc4cc(Cl)ccc43)COc3ccc(cc32)C(=O)NS1(=O)=O. The lowest BCUT2D eigenvalue weighted by Gasteiger charge is -2.45. The first kappa shape index (κ1) is 27.6. The summed E-state index contributed by atoms with van der Waals surface area (Å²) in [6.45, 7) is 5.08. The van der Waals surface area contributed by atoms with E-state index in [2.05, 4.69) is 21.8 Å². The minimum Gasteiger partial charge on any atom is -0.490 e. The number of aliphatic hydroxyl groups is 1. The van der Waals surface area contributed by atoms with Crippen LogP contribution in [0.15, 0.2) is 48.6 Å². The molecule has 1 saturated carbocycles. The third-order valence-electron chi connectivity index (χ3n) is 9.57. The topological polar surface area (TPSA) is 95.9 Å². The van der Waals surface area contributed by atoms with Crippen LogP contribution in [-0.2, 0) is 21.9 Å². The molecule has 2 aromatic rings. The van der Waals surface area contributed by atoms with E-state index in [1.54, 1.807) is 44.2 Å². The molecule has 0 unspecified atom stereocenters. The number of benzene rings is 2. The molecule has 7 nitrogen and oxygen atoms in total. The molecule has 2 aromatic carbocycles. The van der Waals surface area contributed by atoms with Gasteiger partial charge in [-0.2, -0.15) is 0 Å². The number of sulfonamides is 1. The van der Waals surface area contributed by atoms with Gasteiger partial charge in [-0.3, -0.25) is 4.79 Å². The molecule has 9 heteroatoms. The Labute approximate surface area is 241 Å². The fraction of sp³-hybridized carbons (Fsp3) is 0.516. The number of aliphatic hydroxyl groups excluding tert-OH is 1. The van der Waals surface area contributed by atoms with Crippen molar-refractivity contribution in [1.29, 1.82) is 0 Å². The molecule has 4 aliphatic rings. The van der Waals surface area contributed by atoms with E-state index in [0.29, 0.717) is 25.4 Å². The average molecular weight is 585 g/mol. The predicted molar refractivity (Wildman–Crippen MR) is 157 cm³/mol. The smallest absolute Gasteiger partial charge is 0.264 e. The van der Waals surface area contributed by atoms with Crippen molar-refractivity contribution >= 4 is 33.2 Å². The van der Waals surface area contributed by atoms with Crippen molar-refractivity contribution in [1.82, 2.24) is 4.72 Å². The van der Waals surface area contributed by atoms with Gasteiger partial charge >= 0.3 is 0 Å². The van der Waals surface area contributed by atoms with Gasteiger partial charge in [0.1, 0.15) is 5.75 Å². The second kappa shape index (κ2) is 10.1. The fourth-order valence-electron chi connectivity index (χ4n) is 6.87. The van der Waals surface area contributed by atoms with Crippen LogP contribution < -0.4 is 14.4 Å². The van der Waals surface area contributed by atoms with Crippen LogP contribution in [0.3, 0.4) is 0 Å². The number of aryl methyl sites for hydroxylation is 1. The van der Waals surface area contributed by atoms with E-state index >= 15 is 0 Å². The quantitative estimate of drug-likeness (QED) is 0.423. The molecular formula is C31H37ClN2O5S. The predicted octanol–water partition coefficient (Wildman–Crippen LogP) is 5.00. The third kappa shape index (κ3) is 4.82. The molecule has 1 spiro atoms. The standard InChI is InChI=1S/C31H37ClN2O5S/c1-30(2)13-4-6-27(35)24-10-7-22(24)17-34-18-31(14-3-5-20-15-23(32)9-11-25(20)31)19-39-28-12-8-21(16-26(28)34)29(36)33-40(30,37)38/h4,6,8-9,11-12,15-16,22,24,27,35H,3,5,7,10,13-14,17-19H2,1-2H3,(H,33,36)/b6-4+/t22-,24+,27-,31-/m0/s1. The van der Waals surface area contributed by atoms with Crippen LogP contribution in [0.1, 0.15) is 67.4 Å². The fourth-order valence-corrected chi connectivity index (χ4v) is 8.02. The summed E-state index contributed by atoms with van der Waals surface area (Å²) in [7, 11) is -4.00. The molecule has 0 aromatic heterocycles. The Morgan fingerprint density at radius 2 is 1.98 bits per heavy atom. The normalized spacial score (nSPS) is 31.6. The van der Waals surface area contributed by atoms with E-state index in [4.69, 9.17) is 16.3 Å². The van der Waals surface area contributed by atoms with Crippen molar-refractivity contribution < 1.29 is 23.1 Å².